The number of alkyl halides is 3. The van der Waals surface area contributed by atoms with Crippen LogP contribution in [0.1, 0.15) is 23.2 Å². The molecule has 4 heterocycles. The zero-order valence-corrected chi connectivity index (χ0v) is 13.6. The highest BCUT2D eigenvalue weighted by Crippen LogP contribution is 2.35. The zero-order valence-electron chi connectivity index (χ0n) is 13.6. The van der Waals surface area contributed by atoms with Crippen LogP contribution in [0.3, 0.4) is 0 Å². The maximum Gasteiger partial charge on any atom is 0.419 e. The summed E-state index contributed by atoms with van der Waals surface area (Å²) in [5.41, 5.74) is 1.26. The van der Waals surface area contributed by atoms with Gasteiger partial charge in [-0.1, -0.05) is 0 Å². The highest BCUT2D eigenvalue weighted by atomic mass is 19.4. The predicted octanol–water partition coefficient (Wildman–Crippen LogP) is 2.71. The molecule has 0 N–H and O–H groups in total. The maximum absolute atomic E-state index is 13.3. The van der Waals surface area contributed by atoms with Gasteiger partial charge in [-0.25, -0.2) is 15.0 Å². The Kier molecular flexibility index (Phi) is 3.97. The SMILES string of the molecule is FC(F)(F)c1cccnc1N1CCc2cnc(N3CCC3)nc2CC1. The van der Waals surface area contributed by atoms with E-state index in [0.717, 1.165) is 42.8 Å². The summed E-state index contributed by atoms with van der Waals surface area (Å²) in [7, 11) is 0. The normalized spacial score (nSPS) is 17.7. The standard InChI is InChI=1S/C17H18F3N5/c18-17(19,20)13-3-1-6-21-15(13)24-9-4-12-11-22-16(25-7-2-8-25)23-14(12)5-10-24/h1,3,6,11H,2,4-5,7-10H2. The van der Waals surface area contributed by atoms with E-state index in [1.54, 1.807) is 4.90 Å². The number of aromatic nitrogens is 3. The Morgan fingerprint density at radius 3 is 2.48 bits per heavy atom. The van der Waals surface area contributed by atoms with E-state index in [9.17, 15) is 13.2 Å². The molecule has 8 heteroatoms. The van der Waals surface area contributed by atoms with Crippen LogP contribution in [0.5, 0.6) is 0 Å². The number of pyridine rings is 1. The van der Waals surface area contributed by atoms with Gasteiger partial charge in [-0.3, -0.25) is 0 Å². The van der Waals surface area contributed by atoms with E-state index in [4.69, 9.17) is 0 Å². The Morgan fingerprint density at radius 2 is 1.76 bits per heavy atom. The molecular weight excluding hydrogens is 331 g/mol. The molecule has 0 saturated carbocycles. The molecule has 5 nitrogen and oxygen atoms in total. The third-order valence-electron chi connectivity index (χ3n) is 4.74. The van der Waals surface area contributed by atoms with E-state index < -0.39 is 11.7 Å². The number of hydrogen-bond donors (Lipinski definition) is 0. The van der Waals surface area contributed by atoms with Crippen LogP contribution in [0, 0.1) is 0 Å². The van der Waals surface area contributed by atoms with Gasteiger partial charge in [0.05, 0.1) is 11.3 Å². The number of hydrogen-bond acceptors (Lipinski definition) is 5. The van der Waals surface area contributed by atoms with Crippen molar-refractivity contribution in [1.29, 1.82) is 0 Å². The van der Waals surface area contributed by atoms with E-state index >= 15 is 0 Å². The van der Waals surface area contributed by atoms with E-state index in [1.165, 1.54) is 12.3 Å². The van der Waals surface area contributed by atoms with E-state index in [0.29, 0.717) is 25.9 Å². The van der Waals surface area contributed by atoms with Gasteiger partial charge >= 0.3 is 6.18 Å². The molecule has 0 unspecified atom stereocenters. The molecule has 0 aliphatic carbocycles. The second-order valence-electron chi connectivity index (χ2n) is 6.34. The molecule has 2 aromatic rings. The molecule has 2 aliphatic heterocycles. The number of halogens is 3. The Hall–Kier alpha value is -2.38. The lowest BCUT2D eigenvalue weighted by molar-refractivity contribution is -0.137. The summed E-state index contributed by atoms with van der Waals surface area (Å²) in [5.74, 6) is 0.728. The van der Waals surface area contributed by atoms with Gasteiger partial charge < -0.3 is 9.80 Å². The lowest BCUT2D eigenvalue weighted by Crippen LogP contribution is -2.38. The van der Waals surface area contributed by atoms with Gasteiger partial charge in [0.15, 0.2) is 0 Å². The molecule has 2 aliphatic rings. The van der Waals surface area contributed by atoms with Crippen molar-refractivity contribution in [1.82, 2.24) is 15.0 Å². The van der Waals surface area contributed by atoms with Gasteiger partial charge in [-0.05, 0) is 30.5 Å². The van der Waals surface area contributed by atoms with Gasteiger partial charge in [0.1, 0.15) is 5.82 Å². The fourth-order valence-electron chi connectivity index (χ4n) is 3.22. The summed E-state index contributed by atoms with van der Waals surface area (Å²) in [6, 6.07) is 2.41. The summed E-state index contributed by atoms with van der Waals surface area (Å²) < 4.78 is 39.8. The minimum absolute atomic E-state index is 0.00117. The Labute approximate surface area is 143 Å². The summed E-state index contributed by atoms with van der Waals surface area (Å²) in [4.78, 5) is 16.9. The first-order valence-electron chi connectivity index (χ1n) is 8.39. The fourth-order valence-corrected chi connectivity index (χ4v) is 3.22. The largest absolute Gasteiger partial charge is 0.419 e. The minimum atomic E-state index is -4.41. The second-order valence-corrected chi connectivity index (χ2v) is 6.34. The molecule has 0 radical (unpaired) electrons. The summed E-state index contributed by atoms with van der Waals surface area (Å²) in [6.07, 6.45) is 1.17. The summed E-state index contributed by atoms with van der Waals surface area (Å²) in [6.45, 7) is 2.87. The number of fused-ring (bicyclic) bond motifs is 1. The van der Waals surface area contributed by atoms with Crippen LogP contribution in [-0.4, -0.2) is 41.1 Å². The van der Waals surface area contributed by atoms with Crippen LogP contribution < -0.4 is 9.80 Å². The molecule has 1 fully saturated rings. The Morgan fingerprint density at radius 1 is 0.960 bits per heavy atom. The molecule has 0 amide bonds. The third-order valence-corrected chi connectivity index (χ3v) is 4.74. The number of rotatable bonds is 2. The lowest BCUT2D eigenvalue weighted by atomic mass is 10.1. The average Bonchev–Trinajstić information content (AvgIpc) is 2.75. The van der Waals surface area contributed by atoms with Crippen molar-refractivity contribution < 1.29 is 13.2 Å². The Balaban J connectivity index is 1.58. The second kappa shape index (κ2) is 6.16. The zero-order chi connectivity index (χ0) is 17.4. The molecule has 0 bridgehead atoms. The molecule has 25 heavy (non-hydrogen) atoms. The molecule has 132 valence electrons. The number of anilines is 2. The highest BCUT2D eigenvalue weighted by Gasteiger charge is 2.36. The molecule has 2 aromatic heterocycles. The van der Waals surface area contributed by atoms with E-state index in [1.807, 2.05) is 6.20 Å². The average molecular weight is 349 g/mol. The van der Waals surface area contributed by atoms with Gasteiger partial charge in [-0.15, -0.1) is 0 Å². The van der Waals surface area contributed by atoms with Crippen LogP contribution in [0.25, 0.3) is 0 Å². The minimum Gasteiger partial charge on any atom is -0.355 e. The van der Waals surface area contributed by atoms with Crippen molar-refractivity contribution in [3.05, 3.63) is 41.3 Å². The van der Waals surface area contributed by atoms with Gasteiger partial charge in [-0.2, -0.15) is 13.2 Å². The van der Waals surface area contributed by atoms with Crippen molar-refractivity contribution in [3.8, 4) is 0 Å². The topological polar surface area (TPSA) is 45.2 Å². The maximum atomic E-state index is 13.3. The van der Waals surface area contributed by atoms with Gasteiger partial charge in [0.25, 0.3) is 0 Å². The first kappa shape index (κ1) is 16.1. The summed E-state index contributed by atoms with van der Waals surface area (Å²) in [5, 5.41) is 0. The smallest absolute Gasteiger partial charge is 0.355 e. The van der Waals surface area contributed by atoms with Crippen LogP contribution in [0.4, 0.5) is 24.9 Å². The van der Waals surface area contributed by atoms with Crippen molar-refractivity contribution in [2.45, 2.75) is 25.4 Å². The molecule has 0 spiro atoms. The lowest BCUT2D eigenvalue weighted by Gasteiger charge is -2.31. The predicted molar refractivity (Wildman–Crippen MR) is 87.7 cm³/mol. The number of nitrogens with zero attached hydrogens (tertiary/aromatic N) is 5. The van der Waals surface area contributed by atoms with Crippen molar-refractivity contribution >= 4 is 11.8 Å². The van der Waals surface area contributed by atoms with Crippen molar-refractivity contribution in [2.75, 3.05) is 36.0 Å². The van der Waals surface area contributed by atoms with E-state index in [2.05, 4.69) is 19.9 Å². The summed E-state index contributed by atoms with van der Waals surface area (Å²) >= 11 is 0. The fraction of sp³-hybridized carbons (Fsp3) is 0.471. The van der Waals surface area contributed by atoms with Gasteiger partial charge in [0, 0.05) is 45.0 Å². The first-order valence-corrected chi connectivity index (χ1v) is 8.39. The highest BCUT2D eigenvalue weighted by molar-refractivity contribution is 5.49. The van der Waals surface area contributed by atoms with Crippen LogP contribution in [0.2, 0.25) is 0 Å². The van der Waals surface area contributed by atoms with Crippen LogP contribution in [-0.2, 0) is 19.0 Å². The quantitative estimate of drug-likeness (QED) is 0.834. The molecular formula is C17H18F3N5. The third kappa shape index (κ3) is 3.12. The van der Waals surface area contributed by atoms with Crippen LogP contribution >= 0.6 is 0 Å². The first-order chi connectivity index (χ1) is 12.0. The van der Waals surface area contributed by atoms with Crippen molar-refractivity contribution in [3.63, 3.8) is 0 Å². The monoisotopic (exact) mass is 349 g/mol. The molecule has 0 aromatic carbocycles. The Bertz CT molecular complexity index is 773. The van der Waals surface area contributed by atoms with Gasteiger partial charge in [0.2, 0.25) is 5.95 Å². The molecule has 0 atom stereocenters. The molecule has 1 saturated heterocycles. The van der Waals surface area contributed by atoms with Crippen molar-refractivity contribution in [2.24, 2.45) is 0 Å². The van der Waals surface area contributed by atoms with Crippen LogP contribution in [0.15, 0.2) is 24.5 Å². The molecule has 4 rings (SSSR count). The van der Waals surface area contributed by atoms with E-state index in [-0.39, 0.29) is 5.82 Å².